The summed E-state index contributed by atoms with van der Waals surface area (Å²) in [4.78, 5) is 27.1. The highest BCUT2D eigenvalue weighted by Gasteiger charge is 2.37. The van der Waals surface area contributed by atoms with Gasteiger partial charge in [0.15, 0.2) is 0 Å². The standard InChI is InChI=1S/C19H29BFN3O5/c1-12(2)10-17(20(27)28)23-18(25)15(11-29-3)22-19(26)16-8-9-24(16)14-6-4-13(21)5-7-14/h4-7,12,15-17,27-28H,8-11H2,1-3H3,(H,22,26)(H,23,25)/t15-,16-,17+/m0/s1. The molecular formula is C19H29BFN3O5. The van der Waals surface area contributed by atoms with Gasteiger partial charge in [-0.05, 0) is 43.0 Å². The van der Waals surface area contributed by atoms with E-state index in [4.69, 9.17) is 4.74 Å². The van der Waals surface area contributed by atoms with Gasteiger partial charge in [0.1, 0.15) is 17.9 Å². The van der Waals surface area contributed by atoms with Crippen LogP contribution in [0.4, 0.5) is 10.1 Å². The van der Waals surface area contributed by atoms with Crippen molar-refractivity contribution < 1.29 is 28.8 Å². The highest BCUT2D eigenvalue weighted by Crippen LogP contribution is 2.26. The number of hydrogen-bond acceptors (Lipinski definition) is 6. The van der Waals surface area contributed by atoms with Crippen molar-refractivity contribution in [1.82, 2.24) is 10.6 Å². The van der Waals surface area contributed by atoms with E-state index in [9.17, 15) is 24.0 Å². The van der Waals surface area contributed by atoms with Gasteiger partial charge in [-0.15, -0.1) is 0 Å². The Bertz CT molecular complexity index is 689. The third kappa shape index (κ3) is 6.41. The third-order valence-corrected chi connectivity index (χ3v) is 4.86. The summed E-state index contributed by atoms with van der Waals surface area (Å²) in [7, 11) is -0.298. The number of ether oxygens (including phenoxy) is 1. The Labute approximate surface area is 170 Å². The molecule has 10 heteroatoms. The van der Waals surface area contributed by atoms with Crippen LogP contribution in [0.5, 0.6) is 0 Å². The molecule has 8 nitrogen and oxygen atoms in total. The fourth-order valence-corrected chi connectivity index (χ4v) is 3.27. The van der Waals surface area contributed by atoms with E-state index >= 15 is 0 Å². The SMILES string of the molecule is COC[C@H](NC(=O)[C@@H]1CCN1c1ccc(F)cc1)C(=O)N[C@H](CC(C)C)B(O)O. The number of halogens is 1. The summed E-state index contributed by atoms with van der Waals surface area (Å²) in [5, 5.41) is 24.3. The van der Waals surface area contributed by atoms with Crippen LogP contribution in [-0.4, -0.2) is 67.3 Å². The molecule has 0 saturated carbocycles. The molecule has 0 radical (unpaired) electrons. The normalized spacial score (nSPS) is 18.0. The Balaban J connectivity index is 2.00. The zero-order valence-electron chi connectivity index (χ0n) is 17.0. The summed E-state index contributed by atoms with van der Waals surface area (Å²) in [5.74, 6) is -1.96. The molecule has 0 aliphatic carbocycles. The molecule has 1 saturated heterocycles. The summed E-state index contributed by atoms with van der Waals surface area (Å²) < 4.78 is 18.2. The lowest BCUT2D eigenvalue weighted by molar-refractivity contribution is -0.131. The molecule has 4 N–H and O–H groups in total. The van der Waals surface area contributed by atoms with Crippen molar-refractivity contribution in [2.75, 3.05) is 25.2 Å². The van der Waals surface area contributed by atoms with E-state index in [0.717, 1.165) is 5.69 Å². The molecule has 0 bridgehead atoms. The maximum atomic E-state index is 13.1. The molecule has 1 fully saturated rings. The molecule has 160 valence electrons. The van der Waals surface area contributed by atoms with Crippen LogP contribution in [0.15, 0.2) is 24.3 Å². The minimum atomic E-state index is -1.71. The molecule has 29 heavy (non-hydrogen) atoms. The van der Waals surface area contributed by atoms with E-state index in [1.165, 1.54) is 19.2 Å². The van der Waals surface area contributed by atoms with Crippen LogP contribution in [0, 0.1) is 11.7 Å². The number of carbonyl (C=O) groups is 2. The van der Waals surface area contributed by atoms with Gasteiger partial charge < -0.3 is 30.3 Å². The van der Waals surface area contributed by atoms with Crippen molar-refractivity contribution in [3.05, 3.63) is 30.1 Å². The van der Waals surface area contributed by atoms with Gasteiger partial charge in [-0.2, -0.15) is 0 Å². The van der Waals surface area contributed by atoms with Gasteiger partial charge in [-0.25, -0.2) is 4.39 Å². The lowest BCUT2D eigenvalue weighted by Crippen LogP contribution is -2.61. The van der Waals surface area contributed by atoms with E-state index in [1.54, 1.807) is 12.1 Å². The summed E-state index contributed by atoms with van der Waals surface area (Å²) in [6.45, 7) is 4.39. The first-order valence-electron chi connectivity index (χ1n) is 9.71. The Morgan fingerprint density at radius 3 is 2.41 bits per heavy atom. The van der Waals surface area contributed by atoms with Crippen molar-refractivity contribution >= 4 is 24.6 Å². The number of rotatable bonds is 10. The molecule has 1 aliphatic rings. The monoisotopic (exact) mass is 409 g/mol. The largest absolute Gasteiger partial charge is 0.475 e. The van der Waals surface area contributed by atoms with Crippen molar-refractivity contribution in [3.8, 4) is 0 Å². The minimum Gasteiger partial charge on any atom is -0.426 e. The second kappa shape index (κ2) is 10.6. The molecule has 3 atom stereocenters. The minimum absolute atomic E-state index is 0.0588. The fourth-order valence-electron chi connectivity index (χ4n) is 3.27. The Kier molecular flexibility index (Phi) is 8.42. The average Bonchev–Trinajstić information content (AvgIpc) is 2.61. The quantitative estimate of drug-likeness (QED) is 0.408. The van der Waals surface area contributed by atoms with E-state index in [2.05, 4.69) is 10.6 Å². The lowest BCUT2D eigenvalue weighted by atomic mass is 9.75. The molecule has 0 unspecified atom stereocenters. The number of hydrogen-bond donors (Lipinski definition) is 4. The molecule has 1 aromatic carbocycles. The van der Waals surface area contributed by atoms with Crippen LogP contribution in [0.25, 0.3) is 0 Å². The highest BCUT2D eigenvalue weighted by atomic mass is 19.1. The number of methoxy groups -OCH3 is 1. The zero-order chi connectivity index (χ0) is 21.6. The Hall–Kier alpha value is -2.17. The van der Waals surface area contributed by atoms with Crippen LogP contribution < -0.4 is 15.5 Å². The lowest BCUT2D eigenvalue weighted by Gasteiger charge is -2.42. The van der Waals surface area contributed by atoms with Crippen LogP contribution >= 0.6 is 0 Å². The van der Waals surface area contributed by atoms with Gasteiger partial charge in [0, 0.05) is 19.3 Å². The summed E-state index contributed by atoms with van der Waals surface area (Å²) in [6.07, 6.45) is 0.980. The Morgan fingerprint density at radius 1 is 1.28 bits per heavy atom. The molecular weight excluding hydrogens is 380 g/mol. The first-order valence-corrected chi connectivity index (χ1v) is 9.71. The number of nitrogens with one attached hydrogen (secondary N) is 2. The average molecular weight is 409 g/mol. The number of nitrogens with zero attached hydrogens (tertiary/aromatic N) is 1. The maximum Gasteiger partial charge on any atom is 0.475 e. The fraction of sp³-hybridized carbons (Fsp3) is 0.579. The number of carbonyl (C=O) groups excluding carboxylic acids is 2. The Morgan fingerprint density at radius 2 is 1.93 bits per heavy atom. The molecule has 1 aliphatic heterocycles. The van der Waals surface area contributed by atoms with E-state index in [0.29, 0.717) is 19.4 Å². The maximum absolute atomic E-state index is 13.1. The van der Waals surface area contributed by atoms with Crippen LogP contribution in [0.2, 0.25) is 0 Å². The van der Waals surface area contributed by atoms with Gasteiger partial charge in [0.25, 0.3) is 0 Å². The topological polar surface area (TPSA) is 111 Å². The van der Waals surface area contributed by atoms with Gasteiger partial charge in [-0.3, -0.25) is 9.59 Å². The molecule has 1 aromatic rings. The van der Waals surface area contributed by atoms with Crippen LogP contribution in [0.3, 0.4) is 0 Å². The van der Waals surface area contributed by atoms with Crippen molar-refractivity contribution in [2.24, 2.45) is 5.92 Å². The van der Waals surface area contributed by atoms with Crippen molar-refractivity contribution in [2.45, 2.75) is 44.7 Å². The van der Waals surface area contributed by atoms with Crippen molar-refractivity contribution in [1.29, 1.82) is 0 Å². The molecule has 2 amide bonds. The molecule has 2 rings (SSSR count). The number of amides is 2. The molecule has 0 aromatic heterocycles. The van der Waals surface area contributed by atoms with Crippen molar-refractivity contribution in [3.63, 3.8) is 0 Å². The number of benzene rings is 1. The van der Waals surface area contributed by atoms with Crippen LogP contribution in [-0.2, 0) is 14.3 Å². The zero-order valence-corrected chi connectivity index (χ0v) is 17.0. The summed E-state index contributed by atoms with van der Waals surface area (Å²) >= 11 is 0. The van der Waals surface area contributed by atoms with Gasteiger partial charge in [0.05, 0.1) is 12.5 Å². The van der Waals surface area contributed by atoms with Gasteiger partial charge in [-0.1, -0.05) is 13.8 Å². The second-order valence-electron chi connectivity index (χ2n) is 7.65. The predicted octanol–water partition coefficient (Wildman–Crippen LogP) is 0.0785. The molecule has 0 spiro atoms. The van der Waals surface area contributed by atoms with E-state index < -0.39 is 31.1 Å². The third-order valence-electron chi connectivity index (χ3n) is 4.86. The molecule has 1 heterocycles. The smallest absolute Gasteiger partial charge is 0.426 e. The highest BCUT2D eigenvalue weighted by molar-refractivity contribution is 6.43. The predicted molar refractivity (Wildman–Crippen MR) is 108 cm³/mol. The van der Waals surface area contributed by atoms with E-state index in [-0.39, 0.29) is 24.2 Å². The first-order chi connectivity index (χ1) is 13.7. The summed E-state index contributed by atoms with van der Waals surface area (Å²) in [5.41, 5.74) is 0.728. The van der Waals surface area contributed by atoms with E-state index in [1.807, 2.05) is 18.7 Å². The first kappa shape index (κ1) is 23.1. The second-order valence-corrected chi connectivity index (χ2v) is 7.65. The van der Waals surface area contributed by atoms with Gasteiger partial charge >= 0.3 is 7.12 Å². The summed E-state index contributed by atoms with van der Waals surface area (Å²) in [6, 6.07) is 4.43. The number of anilines is 1. The van der Waals surface area contributed by atoms with Crippen LogP contribution in [0.1, 0.15) is 26.7 Å². The van der Waals surface area contributed by atoms with Gasteiger partial charge in [0.2, 0.25) is 11.8 Å².